The van der Waals surface area contributed by atoms with Crippen molar-refractivity contribution in [1.29, 1.82) is 0 Å². The van der Waals surface area contributed by atoms with Crippen LogP contribution in [0.3, 0.4) is 0 Å². The van der Waals surface area contributed by atoms with Crippen LogP contribution in [0.2, 0.25) is 0 Å². The Bertz CT molecular complexity index is 1400. The van der Waals surface area contributed by atoms with Crippen LogP contribution in [0.1, 0.15) is 33.4 Å². The van der Waals surface area contributed by atoms with E-state index in [0.29, 0.717) is 30.0 Å². The molecule has 0 saturated carbocycles. The number of hydrogen-bond acceptors (Lipinski definition) is 3. The van der Waals surface area contributed by atoms with Gasteiger partial charge in [0, 0.05) is 54.6 Å². The van der Waals surface area contributed by atoms with Gasteiger partial charge in [0.25, 0.3) is 5.91 Å². The fourth-order valence-corrected chi connectivity index (χ4v) is 5.02. The predicted octanol–water partition coefficient (Wildman–Crippen LogP) is 4.88. The molecule has 178 valence electrons. The highest BCUT2D eigenvalue weighted by molar-refractivity contribution is 6.05. The predicted molar refractivity (Wildman–Crippen MR) is 133 cm³/mol. The van der Waals surface area contributed by atoms with Gasteiger partial charge in [-0.1, -0.05) is 36.4 Å². The third-order valence-electron chi connectivity index (χ3n) is 6.62. The Morgan fingerprint density at radius 1 is 1.00 bits per heavy atom. The molecule has 5 rings (SSSR count). The van der Waals surface area contributed by atoms with E-state index in [0.717, 1.165) is 16.5 Å². The molecule has 4 aromatic rings. The van der Waals surface area contributed by atoms with Gasteiger partial charge in [-0.3, -0.25) is 9.59 Å². The Morgan fingerprint density at radius 3 is 2.49 bits per heavy atom. The van der Waals surface area contributed by atoms with Crippen LogP contribution in [-0.2, 0) is 16.6 Å². The maximum atomic E-state index is 13.9. The number of amides is 2. The highest BCUT2D eigenvalue weighted by atomic mass is 19.1. The quantitative estimate of drug-likeness (QED) is 0.436. The summed E-state index contributed by atoms with van der Waals surface area (Å²) in [5.41, 5.74) is 3.56. The van der Waals surface area contributed by atoms with E-state index in [2.05, 4.69) is 5.32 Å². The summed E-state index contributed by atoms with van der Waals surface area (Å²) < 4.78 is 20.8. The van der Waals surface area contributed by atoms with E-state index in [1.165, 1.54) is 24.3 Å². The first kappa shape index (κ1) is 22.8. The third kappa shape index (κ3) is 4.08. The Morgan fingerprint density at radius 2 is 1.71 bits per heavy atom. The van der Waals surface area contributed by atoms with E-state index in [1.807, 2.05) is 54.2 Å². The van der Waals surface area contributed by atoms with Crippen molar-refractivity contribution in [2.45, 2.75) is 12.0 Å². The molecule has 0 saturated heterocycles. The van der Waals surface area contributed by atoms with E-state index in [4.69, 9.17) is 4.74 Å². The molecule has 2 atom stereocenters. The molecule has 3 aromatic carbocycles. The maximum absolute atomic E-state index is 13.9. The van der Waals surface area contributed by atoms with Crippen LogP contribution in [0.15, 0.2) is 79.0 Å². The summed E-state index contributed by atoms with van der Waals surface area (Å²) in [6, 6.07) is 20.3. The van der Waals surface area contributed by atoms with Gasteiger partial charge in [-0.25, -0.2) is 4.39 Å². The summed E-state index contributed by atoms with van der Waals surface area (Å²) in [4.78, 5) is 29.3. The molecule has 2 amide bonds. The van der Waals surface area contributed by atoms with Crippen molar-refractivity contribution in [3.63, 3.8) is 0 Å². The molecule has 0 radical (unpaired) electrons. The van der Waals surface area contributed by atoms with Crippen LogP contribution in [0.4, 0.5) is 10.1 Å². The van der Waals surface area contributed by atoms with Gasteiger partial charge in [-0.2, -0.15) is 0 Å². The number of anilines is 1. The number of nitrogens with one attached hydrogen (secondary N) is 1. The minimum absolute atomic E-state index is 0.138. The molecule has 1 aliphatic heterocycles. The van der Waals surface area contributed by atoms with Gasteiger partial charge in [-0.15, -0.1) is 0 Å². The zero-order valence-electron chi connectivity index (χ0n) is 19.6. The van der Waals surface area contributed by atoms with Gasteiger partial charge >= 0.3 is 0 Å². The van der Waals surface area contributed by atoms with Gasteiger partial charge in [0.15, 0.2) is 0 Å². The summed E-state index contributed by atoms with van der Waals surface area (Å²) in [6.45, 7) is 0.666. The number of aryl methyl sites for hydroxylation is 1. The van der Waals surface area contributed by atoms with E-state index >= 15 is 0 Å². The SMILES string of the molecule is COCCN1C(=O)c2ccccc2[C@H](C(=O)Nc2ccc(F)cc2)[C@H]1c1cn(C)c2ccccc12. The second-order valence-corrected chi connectivity index (χ2v) is 8.71. The lowest BCUT2D eigenvalue weighted by Gasteiger charge is -2.41. The average molecular weight is 472 g/mol. The second kappa shape index (κ2) is 9.35. The lowest BCUT2D eigenvalue weighted by atomic mass is 9.79. The molecule has 7 heteroatoms. The van der Waals surface area contributed by atoms with E-state index in [9.17, 15) is 14.0 Å². The summed E-state index contributed by atoms with van der Waals surface area (Å²) in [6.07, 6.45) is 1.99. The Labute approximate surface area is 202 Å². The lowest BCUT2D eigenvalue weighted by Crippen LogP contribution is -2.47. The van der Waals surface area contributed by atoms with Crippen LogP contribution < -0.4 is 5.32 Å². The van der Waals surface area contributed by atoms with E-state index in [1.54, 1.807) is 24.1 Å². The molecule has 1 aromatic heterocycles. The molecule has 0 fully saturated rings. The first-order chi connectivity index (χ1) is 17.0. The number of rotatable bonds is 6. The zero-order chi connectivity index (χ0) is 24.5. The first-order valence-corrected chi connectivity index (χ1v) is 11.5. The van der Waals surface area contributed by atoms with Crippen LogP contribution in [0.25, 0.3) is 10.9 Å². The third-order valence-corrected chi connectivity index (χ3v) is 6.62. The molecule has 0 spiro atoms. The molecule has 0 aliphatic carbocycles. The number of para-hydroxylation sites is 1. The fourth-order valence-electron chi connectivity index (χ4n) is 5.02. The van der Waals surface area contributed by atoms with Crippen molar-refractivity contribution in [3.8, 4) is 0 Å². The van der Waals surface area contributed by atoms with Gasteiger partial charge in [-0.05, 0) is 42.0 Å². The smallest absolute Gasteiger partial charge is 0.254 e. The standard InChI is InChI=1S/C28H26FN3O3/c1-31-17-23(20-7-5-6-10-24(20)31)26-25(27(33)30-19-13-11-18(29)12-14-19)21-8-3-4-9-22(21)28(34)32(26)15-16-35-2/h3-14,17,25-26H,15-16H2,1-2H3,(H,30,33)/t25-,26+/m0/s1. The Balaban J connectivity index is 1.69. The number of carbonyl (C=O) groups is 2. The van der Waals surface area contributed by atoms with Crippen LogP contribution in [0.5, 0.6) is 0 Å². The van der Waals surface area contributed by atoms with E-state index < -0.39 is 12.0 Å². The zero-order valence-corrected chi connectivity index (χ0v) is 19.6. The molecule has 35 heavy (non-hydrogen) atoms. The largest absolute Gasteiger partial charge is 0.383 e. The van der Waals surface area contributed by atoms with E-state index in [-0.39, 0.29) is 17.6 Å². The molecule has 6 nitrogen and oxygen atoms in total. The average Bonchev–Trinajstić information content (AvgIpc) is 3.21. The number of halogens is 1. The minimum Gasteiger partial charge on any atom is -0.383 e. The molecule has 0 unspecified atom stereocenters. The van der Waals surface area contributed by atoms with Gasteiger partial charge in [0.1, 0.15) is 5.82 Å². The fraction of sp³-hybridized carbons (Fsp3) is 0.214. The number of aromatic nitrogens is 1. The Kier molecular flexibility index (Phi) is 6.09. The van der Waals surface area contributed by atoms with Crippen molar-refractivity contribution in [2.24, 2.45) is 7.05 Å². The van der Waals surface area contributed by atoms with Gasteiger partial charge < -0.3 is 19.5 Å². The number of hydrogen-bond donors (Lipinski definition) is 1. The number of nitrogens with zero attached hydrogens (tertiary/aromatic N) is 2. The minimum atomic E-state index is -0.684. The molecule has 0 bridgehead atoms. The molecular formula is C28H26FN3O3. The second-order valence-electron chi connectivity index (χ2n) is 8.71. The topological polar surface area (TPSA) is 63.6 Å². The number of carbonyl (C=O) groups excluding carboxylic acids is 2. The highest BCUT2D eigenvalue weighted by Crippen LogP contribution is 2.45. The highest BCUT2D eigenvalue weighted by Gasteiger charge is 2.45. The van der Waals surface area contributed by atoms with Crippen LogP contribution in [0, 0.1) is 5.82 Å². The maximum Gasteiger partial charge on any atom is 0.254 e. The lowest BCUT2D eigenvalue weighted by molar-refractivity contribution is -0.119. The molecular weight excluding hydrogens is 445 g/mol. The van der Waals surface area contributed by atoms with Gasteiger partial charge in [0.2, 0.25) is 5.91 Å². The van der Waals surface area contributed by atoms with Crippen molar-refractivity contribution in [2.75, 3.05) is 25.6 Å². The Hall–Kier alpha value is -3.97. The van der Waals surface area contributed by atoms with Crippen LogP contribution in [-0.4, -0.2) is 41.5 Å². The monoisotopic (exact) mass is 471 g/mol. The van der Waals surface area contributed by atoms with Crippen LogP contribution >= 0.6 is 0 Å². The summed E-state index contributed by atoms with van der Waals surface area (Å²) in [5, 5.41) is 3.92. The molecule has 1 aliphatic rings. The first-order valence-electron chi connectivity index (χ1n) is 11.5. The summed E-state index contributed by atoms with van der Waals surface area (Å²) in [5.74, 6) is -1.47. The van der Waals surface area contributed by atoms with Crippen molar-refractivity contribution in [1.82, 2.24) is 9.47 Å². The number of methoxy groups -OCH3 is 1. The number of fused-ring (bicyclic) bond motifs is 2. The molecule has 1 N–H and O–H groups in total. The van der Waals surface area contributed by atoms with Gasteiger partial charge in [0.05, 0.1) is 18.6 Å². The van der Waals surface area contributed by atoms with Crippen molar-refractivity contribution >= 4 is 28.4 Å². The number of benzene rings is 3. The summed E-state index contributed by atoms with van der Waals surface area (Å²) in [7, 11) is 3.55. The number of ether oxygens (including phenoxy) is 1. The van der Waals surface area contributed by atoms with Crippen molar-refractivity contribution < 1.29 is 18.7 Å². The molecule has 2 heterocycles. The van der Waals surface area contributed by atoms with Crippen molar-refractivity contribution in [3.05, 3.63) is 102 Å². The normalized spacial score (nSPS) is 17.5. The summed E-state index contributed by atoms with van der Waals surface area (Å²) >= 11 is 0.